The van der Waals surface area contributed by atoms with E-state index in [-0.39, 0.29) is 45.8 Å². The molecule has 33 heavy (non-hydrogen) atoms. The molecule has 172 valence electrons. The Morgan fingerprint density at radius 1 is 1.12 bits per heavy atom. The zero-order valence-corrected chi connectivity index (χ0v) is 19.4. The summed E-state index contributed by atoms with van der Waals surface area (Å²) in [6.45, 7) is 4.88. The fraction of sp³-hybridized carbons (Fsp3) is 0.261. The molecule has 0 spiro atoms. The van der Waals surface area contributed by atoms with Gasteiger partial charge in [-0.15, -0.1) is 0 Å². The molecule has 0 aliphatic heterocycles. The van der Waals surface area contributed by atoms with Crippen LogP contribution >= 0.6 is 11.3 Å². The first kappa shape index (κ1) is 23.9. The summed E-state index contributed by atoms with van der Waals surface area (Å²) in [5, 5.41) is 2.87. The van der Waals surface area contributed by atoms with E-state index in [0.29, 0.717) is 16.8 Å². The molecule has 0 aliphatic carbocycles. The lowest BCUT2D eigenvalue weighted by atomic mass is 10.1. The molecule has 0 bridgehead atoms. The Morgan fingerprint density at radius 3 is 2.42 bits per heavy atom. The van der Waals surface area contributed by atoms with Gasteiger partial charge in [-0.05, 0) is 19.4 Å². The Bertz CT molecular complexity index is 1210. The lowest BCUT2D eigenvalue weighted by molar-refractivity contribution is -0.115. The van der Waals surface area contributed by atoms with E-state index >= 15 is 0 Å². The van der Waals surface area contributed by atoms with Gasteiger partial charge in [-0.2, -0.15) is 0 Å². The maximum Gasteiger partial charge on any atom is 0.350 e. The quantitative estimate of drug-likeness (QED) is 0.379. The number of H-pyrrole nitrogens is 1. The third kappa shape index (κ3) is 5.17. The van der Waals surface area contributed by atoms with Crippen molar-refractivity contribution in [2.45, 2.75) is 27.2 Å². The van der Waals surface area contributed by atoms with E-state index in [1.807, 2.05) is 18.2 Å². The molecule has 0 fully saturated rings. The highest BCUT2D eigenvalue weighted by Crippen LogP contribution is 2.32. The third-order valence-corrected chi connectivity index (χ3v) is 5.74. The Labute approximate surface area is 194 Å². The Kier molecular flexibility index (Phi) is 7.39. The van der Waals surface area contributed by atoms with Gasteiger partial charge < -0.3 is 19.8 Å². The number of Topliss-reactive ketones (excluding diaryl/α,β-unsaturated/α-hetero) is 1. The van der Waals surface area contributed by atoms with Crippen molar-refractivity contribution in [2.24, 2.45) is 0 Å². The Morgan fingerprint density at radius 2 is 1.82 bits per heavy atom. The number of nitrogens with one attached hydrogen (secondary N) is 2. The number of anilines is 1. The summed E-state index contributed by atoms with van der Waals surface area (Å²) in [5.41, 5.74) is 2.17. The van der Waals surface area contributed by atoms with Crippen molar-refractivity contribution >= 4 is 40.1 Å². The molecule has 3 aromatic rings. The van der Waals surface area contributed by atoms with Crippen LogP contribution in [0.15, 0.2) is 30.3 Å². The van der Waals surface area contributed by atoms with Gasteiger partial charge in [0.15, 0.2) is 10.9 Å². The van der Waals surface area contributed by atoms with E-state index < -0.39 is 17.8 Å². The topological polar surface area (TPSA) is 127 Å². The lowest BCUT2D eigenvalue weighted by Crippen LogP contribution is -2.17. The molecule has 0 saturated carbocycles. The molecule has 1 amide bonds. The van der Waals surface area contributed by atoms with Gasteiger partial charge in [0.2, 0.25) is 5.91 Å². The number of benzene rings is 1. The van der Waals surface area contributed by atoms with Gasteiger partial charge in [-0.3, -0.25) is 9.59 Å². The maximum atomic E-state index is 12.8. The van der Waals surface area contributed by atoms with Crippen molar-refractivity contribution in [3.8, 4) is 11.3 Å². The van der Waals surface area contributed by atoms with Crippen molar-refractivity contribution in [2.75, 3.05) is 19.0 Å². The van der Waals surface area contributed by atoms with Crippen LogP contribution in [-0.4, -0.2) is 47.3 Å². The van der Waals surface area contributed by atoms with E-state index in [9.17, 15) is 19.2 Å². The standard InChI is InChI=1S/C23H23N3O6S/c1-5-32-22(30)20-19(14-9-7-6-8-10-14)26-23(33-20)25-16(28)11-15-17(21(29)31-4)12(2)18(24-15)13(3)27/h6-10,24H,5,11H2,1-4H3,(H,25,26,28). The van der Waals surface area contributed by atoms with E-state index in [1.54, 1.807) is 26.0 Å². The number of hydrogen-bond donors (Lipinski definition) is 2. The molecular weight excluding hydrogens is 446 g/mol. The summed E-state index contributed by atoms with van der Waals surface area (Å²) in [4.78, 5) is 56.8. The summed E-state index contributed by atoms with van der Waals surface area (Å²) in [6, 6.07) is 9.08. The Balaban J connectivity index is 1.90. The van der Waals surface area contributed by atoms with E-state index in [1.165, 1.54) is 14.0 Å². The lowest BCUT2D eigenvalue weighted by Gasteiger charge is -2.04. The fourth-order valence-corrected chi connectivity index (χ4v) is 4.24. The van der Waals surface area contributed by atoms with Gasteiger partial charge in [-0.25, -0.2) is 14.6 Å². The van der Waals surface area contributed by atoms with Gasteiger partial charge in [0.1, 0.15) is 4.88 Å². The monoisotopic (exact) mass is 469 g/mol. The van der Waals surface area contributed by atoms with Gasteiger partial charge >= 0.3 is 11.9 Å². The molecule has 9 nitrogen and oxygen atoms in total. The van der Waals surface area contributed by atoms with Crippen molar-refractivity contribution in [3.05, 3.63) is 57.7 Å². The SMILES string of the molecule is CCOC(=O)c1sc(NC(=O)Cc2[nH]c(C(C)=O)c(C)c2C(=O)OC)nc1-c1ccccc1. The number of amides is 1. The number of ketones is 1. The first-order valence-electron chi connectivity index (χ1n) is 10.1. The second-order valence-electron chi connectivity index (χ2n) is 7.03. The van der Waals surface area contributed by atoms with Crippen LogP contribution in [0.1, 0.15) is 55.6 Å². The largest absolute Gasteiger partial charge is 0.465 e. The fourth-order valence-electron chi connectivity index (χ4n) is 3.35. The number of esters is 2. The van der Waals surface area contributed by atoms with E-state index in [4.69, 9.17) is 9.47 Å². The minimum atomic E-state index is -0.649. The van der Waals surface area contributed by atoms with Crippen LogP contribution in [0.5, 0.6) is 0 Å². The van der Waals surface area contributed by atoms with Gasteiger partial charge in [0.25, 0.3) is 0 Å². The number of ether oxygens (including phenoxy) is 2. The summed E-state index contributed by atoms with van der Waals surface area (Å²) in [5.74, 6) is -1.94. The van der Waals surface area contributed by atoms with Gasteiger partial charge in [-0.1, -0.05) is 41.7 Å². The number of methoxy groups -OCH3 is 1. The molecule has 1 aromatic carbocycles. The summed E-state index contributed by atoms with van der Waals surface area (Å²) in [6.07, 6.45) is -0.229. The number of rotatable bonds is 8. The number of carbonyl (C=O) groups is 4. The van der Waals surface area contributed by atoms with Crippen molar-refractivity contribution < 1.29 is 28.7 Å². The number of carbonyl (C=O) groups excluding carboxylic acids is 4. The zero-order chi connectivity index (χ0) is 24.1. The smallest absolute Gasteiger partial charge is 0.350 e. The zero-order valence-electron chi connectivity index (χ0n) is 18.6. The summed E-state index contributed by atoms with van der Waals surface area (Å²) >= 11 is 0.996. The van der Waals surface area contributed by atoms with Gasteiger partial charge in [0, 0.05) is 18.2 Å². The van der Waals surface area contributed by atoms with Crippen molar-refractivity contribution in [1.82, 2.24) is 9.97 Å². The van der Waals surface area contributed by atoms with Crippen molar-refractivity contribution in [3.63, 3.8) is 0 Å². The second kappa shape index (κ2) is 10.2. The number of aromatic amines is 1. The van der Waals surface area contributed by atoms with E-state index in [2.05, 4.69) is 15.3 Å². The molecule has 0 radical (unpaired) electrons. The molecule has 0 aliphatic rings. The predicted octanol–water partition coefficient (Wildman–Crippen LogP) is 3.79. The second-order valence-corrected chi connectivity index (χ2v) is 8.03. The van der Waals surface area contributed by atoms with Crippen LogP contribution < -0.4 is 5.32 Å². The molecule has 2 heterocycles. The third-order valence-electron chi connectivity index (χ3n) is 4.79. The number of hydrogen-bond acceptors (Lipinski definition) is 8. The normalized spacial score (nSPS) is 10.5. The summed E-state index contributed by atoms with van der Waals surface area (Å²) in [7, 11) is 1.23. The maximum absolute atomic E-state index is 12.8. The van der Waals surface area contributed by atoms with Crippen LogP contribution in [0.2, 0.25) is 0 Å². The average molecular weight is 470 g/mol. The van der Waals surface area contributed by atoms with Crippen LogP contribution in [0, 0.1) is 6.92 Å². The van der Waals surface area contributed by atoms with Crippen LogP contribution in [-0.2, 0) is 20.7 Å². The van der Waals surface area contributed by atoms with E-state index in [0.717, 1.165) is 11.3 Å². The number of thiazole rings is 1. The number of nitrogens with zero attached hydrogens (tertiary/aromatic N) is 1. The average Bonchev–Trinajstić information content (AvgIpc) is 3.35. The van der Waals surface area contributed by atoms with Gasteiger partial charge in [0.05, 0.1) is 37.1 Å². The molecule has 2 aromatic heterocycles. The molecule has 2 N–H and O–H groups in total. The first-order chi connectivity index (χ1) is 15.8. The number of aromatic nitrogens is 2. The first-order valence-corrected chi connectivity index (χ1v) is 10.9. The molecule has 3 rings (SSSR count). The highest BCUT2D eigenvalue weighted by Gasteiger charge is 2.26. The highest BCUT2D eigenvalue weighted by molar-refractivity contribution is 7.18. The van der Waals surface area contributed by atoms with Crippen LogP contribution in [0.25, 0.3) is 11.3 Å². The van der Waals surface area contributed by atoms with Crippen LogP contribution in [0.4, 0.5) is 5.13 Å². The molecule has 10 heteroatoms. The minimum Gasteiger partial charge on any atom is -0.465 e. The molecule has 0 saturated heterocycles. The van der Waals surface area contributed by atoms with Crippen LogP contribution in [0.3, 0.4) is 0 Å². The summed E-state index contributed by atoms with van der Waals surface area (Å²) < 4.78 is 9.93. The minimum absolute atomic E-state index is 0.147. The highest BCUT2D eigenvalue weighted by atomic mass is 32.1. The Hall–Kier alpha value is -3.79. The van der Waals surface area contributed by atoms with Crippen molar-refractivity contribution in [1.29, 1.82) is 0 Å². The predicted molar refractivity (Wildman–Crippen MR) is 123 cm³/mol. The molecule has 0 atom stereocenters. The molecule has 0 unspecified atom stereocenters. The molecular formula is C23H23N3O6S.